The van der Waals surface area contributed by atoms with Crippen LogP contribution in [0.5, 0.6) is 0 Å². The van der Waals surface area contributed by atoms with Gasteiger partial charge in [0, 0.05) is 0 Å². The monoisotopic (exact) mass is 566 g/mol. The molecule has 0 N–H and O–H groups in total. The first-order valence-electron chi connectivity index (χ1n) is 11.9. The Bertz CT molecular complexity index is 950. The molecule has 2 aliphatic rings. The van der Waals surface area contributed by atoms with Gasteiger partial charge in [-0.2, -0.15) is 34.9 Å². The largest absolute Gasteiger partial charge is 0.210 e. The molecular weight excluding hydrogens is 534 g/mol. The minimum atomic E-state index is 0. The quantitative estimate of drug-likeness (QED) is 0.423. The van der Waals surface area contributed by atoms with Gasteiger partial charge in [-0.1, -0.05) is 52.4 Å². The summed E-state index contributed by atoms with van der Waals surface area (Å²) in [5, 5.41) is 0. The maximum atomic E-state index is 3.33. The van der Waals surface area contributed by atoms with E-state index in [1.54, 1.807) is 11.1 Å². The van der Waals surface area contributed by atoms with E-state index >= 15 is 0 Å². The van der Waals surface area contributed by atoms with Gasteiger partial charge in [0.25, 0.3) is 0 Å². The fraction of sp³-hybridized carbons (Fsp3) is 0.290. The van der Waals surface area contributed by atoms with E-state index in [2.05, 4.69) is 105 Å². The Morgan fingerprint density at radius 2 is 1.41 bits per heavy atom. The number of fused-ring (bicyclic) bond motifs is 1. The zero-order valence-corrected chi connectivity index (χ0v) is 24.3. The number of hydrogen-bond donors (Lipinski definition) is 0. The summed E-state index contributed by atoms with van der Waals surface area (Å²) in [6, 6.07) is 27.8. The van der Waals surface area contributed by atoms with Crippen molar-refractivity contribution in [2.75, 3.05) is 0 Å². The zero-order chi connectivity index (χ0) is 22.6. The molecule has 5 rings (SSSR count). The van der Waals surface area contributed by atoms with E-state index in [0.29, 0.717) is 0 Å². The molecule has 0 saturated heterocycles. The zero-order valence-electron chi connectivity index (χ0n) is 20.3. The average Bonchev–Trinajstić information content (AvgIpc) is 3.54. The van der Waals surface area contributed by atoms with E-state index in [9.17, 15) is 0 Å². The molecule has 3 heteroatoms. The van der Waals surface area contributed by atoms with Gasteiger partial charge in [0.05, 0.1) is 0 Å². The molecule has 0 aromatic heterocycles. The van der Waals surface area contributed by atoms with E-state index in [4.69, 9.17) is 0 Å². The normalized spacial score (nSPS) is 13.3. The molecule has 2 aliphatic carbocycles. The number of halogens is 2. The van der Waals surface area contributed by atoms with E-state index in [-0.39, 0.29) is 24.8 Å². The van der Waals surface area contributed by atoms with Gasteiger partial charge in [-0.15, -0.1) is 6.42 Å². The number of aryl methyl sites for hydroxylation is 2. The molecule has 0 radical (unpaired) electrons. The molecule has 0 atom stereocenters. The molecule has 34 heavy (non-hydrogen) atoms. The van der Waals surface area contributed by atoms with Crippen molar-refractivity contribution in [3.8, 4) is 0 Å². The van der Waals surface area contributed by atoms with Crippen molar-refractivity contribution in [1.29, 1.82) is 0 Å². The Hall–Kier alpha value is -1.40. The maximum absolute atomic E-state index is 3.33. The molecule has 0 nitrogen and oxygen atoms in total. The van der Waals surface area contributed by atoms with Gasteiger partial charge in [0.1, 0.15) is 0 Å². The fourth-order valence-corrected chi connectivity index (χ4v) is 5.05. The molecule has 0 spiro atoms. The van der Waals surface area contributed by atoms with Gasteiger partial charge >= 0.3 is 99.2 Å². The van der Waals surface area contributed by atoms with Crippen LogP contribution in [0.1, 0.15) is 68.2 Å². The van der Waals surface area contributed by atoms with Crippen LogP contribution < -0.4 is 24.8 Å². The van der Waals surface area contributed by atoms with Gasteiger partial charge in [0.15, 0.2) is 0 Å². The fourth-order valence-electron chi connectivity index (χ4n) is 4.23. The molecule has 178 valence electrons. The van der Waals surface area contributed by atoms with Crippen LogP contribution in [-0.4, -0.2) is 3.21 Å². The van der Waals surface area contributed by atoms with Gasteiger partial charge in [-0.25, -0.2) is 11.6 Å². The Kier molecular flexibility index (Phi) is 15.4. The molecule has 0 aliphatic heterocycles. The molecule has 3 aromatic rings. The standard InChI is InChI=1S/C13H10.C9H11.C9H13.2ClH.Zr/c1-3-7-12(8-4-1)11-13-9-5-2-6-10-13;1-2-5-9-7-3-6-8(9)4-1;1-3-8-6-5-7-9(8)4-2;;;/h1-10H;3,6-7H,1-2,4-5H2;6H,3-5H2,1-2H3;2*1H;/q;2*-1;;;+2/p-2. The number of rotatable bonds is 4. The van der Waals surface area contributed by atoms with E-state index < -0.39 is 0 Å². The van der Waals surface area contributed by atoms with Gasteiger partial charge in [-0.3, -0.25) is 6.08 Å². The predicted molar refractivity (Wildman–Crippen MR) is 135 cm³/mol. The second-order valence-corrected chi connectivity index (χ2v) is 9.42. The van der Waals surface area contributed by atoms with Crippen LogP contribution >= 0.6 is 0 Å². The topological polar surface area (TPSA) is 0 Å². The van der Waals surface area contributed by atoms with Crippen LogP contribution in [0.15, 0.2) is 96.1 Å². The van der Waals surface area contributed by atoms with Crippen LogP contribution in [0, 0.1) is 6.08 Å². The smallest absolute Gasteiger partial charge is 0.0512 e. The summed E-state index contributed by atoms with van der Waals surface area (Å²) in [5.41, 5.74) is 8.81. The van der Waals surface area contributed by atoms with Crippen LogP contribution in [0.2, 0.25) is 0 Å². The molecule has 0 heterocycles. The Labute approximate surface area is 234 Å². The van der Waals surface area contributed by atoms with Crippen LogP contribution in [0.3, 0.4) is 0 Å². The second-order valence-electron chi connectivity index (χ2n) is 8.19. The molecular formula is C31H34Cl2Zr-2. The minimum absolute atomic E-state index is 0. The third-order valence-corrected chi connectivity index (χ3v) is 7.48. The second kappa shape index (κ2) is 17.1. The van der Waals surface area contributed by atoms with E-state index in [0.717, 1.165) is 12.8 Å². The number of benzene rings is 2. The first-order chi connectivity index (χ1) is 15.7. The number of allylic oxidation sites excluding steroid dienone is 4. The summed E-state index contributed by atoms with van der Waals surface area (Å²) >= 11 is 1.46. The summed E-state index contributed by atoms with van der Waals surface area (Å²) in [5.74, 6) is 0. The van der Waals surface area contributed by atoms with Crippen molar-refractivity contribution in [2.24, 2.45) is 0 Å². The summed E-state index contributed by atoms with van der Waals surface area (Å²) in [6.07, 6.45) is 14.4. The van der Waals surface area contributed by atoms with Crippen LogP contribution in [0.4, 0.5) is 0 Å². The van der Waals surface area contributed by atoms with Crippen molar-refractivity contribution in [3.05, 3.63) is 124 Å². The average molecular weight is 569 g/mol. The Balaban J connectivity index is 0.000000257. The van der Waals surface area contributed by atoms with Gasteiger partial charge in [-0.05, 0) is 0 Å². The third kappa shape index (κ3) is 9.33. The minimum Gasteiger partial charge on any atom is -0.210 e. The summed E-state index contributed by atoms with van der Waals surface area (Å²) < 4.78 is 1.42. The van der Waals surface area contributed by atoms with Crippen molar-refractivity contribution in [3.63, 3.8) is 0 Å². The molecule has 0 saturated carbocycles. The van der Waals surface area contributed by atoms with Gasteiger partial charge < -0.3 is 24.8 Å². The summed E-state index contributed by atoms with van der Waals surface area (Å²) in [7, 11) is 0. The van der Waals surface area contributed by atoms with Gasteiger partial charge in [0.2, 0.25) is 0 Å². The van der Waals surface area contributed by atoms with Crippen molar-refractivity contribution < 1.29 is 49.0 Å². The molecule has 0 unspecified atom stereocenters. The van der Waals surface area contributed by atoms with Crippen LogP contribution in [-0.2, 0) is 37.1 Å². The third-order valence-electron chi connectivity index (χ3n) is 6.06. The number of hydrogen-bond acceptors (Lipinski definition) is 0. The van der Waals surface area contributed by atoms with E-state index in [1.165, 1.54) is 81.8 Å². The summed E-state index contributed by atoms with van der Waals surface area (Å²) in [4.78, 5) is 0. The molecule has 0 amide bonds. The van der Waals surface area contributed by atoms with Crippen molar-refractivity contribution >= 4 is 3.21 Å². The first-order valence-corrected chi connectivity index (χ1v) is 13.2. The SMILES string of the molecule is CCC1=[C-]CC=C1CC.[Cl-].[Cl-].[Zr+2]=[C](c1ccccc1)c1ccccc1.c1cc2c([cH-]1)CCCC2. The van der Waals surface area contributed by atoms with Crippen LogP contribution in [0.25, 0.3) is 0 Å². The maximum Gasteiger partial charge on any atom is -0.0512 e. The first kappa shape index (κ1) is 30.6. The molecule has 0 bridgehead atoms. The van der Waals surface area contributed by atoms with E-state index in [1.807, 2.05) is 0 Å². The summed E-state index contributed by atoms with van der Waals surface area (Å²) in [6.45, 7) is 4.39. The van der Waals surface area contributed by atoms with Crippen molar-refractivity contribution in [2.45, 2.75) is 58.8 Å². The van der Waals surface area contributed by atoms with Crippen molar-refractivity contribution in [1.82, 2.24) is 0 Å². The Morgan fingerprint density at radius 3 is 1.91 bits per heavy atom. The predicted octanol–water partition coefficient (Wildman–Crippen LogP) is 1.96. The molecule has 3 aromatic carbocycles. The molecule has 0 fully saturated rings. The Morgan fingerprint density at radius 1 is 0.824 bits per heavy atom.